The van der Waals surface area contributed by atoms with E-state index in [1.165, 1.54) is 0 Å². The SMILES string of the molecule is CCN(CC)NC(=O)c1ccc(C(=O)Nc2ccc3nc(-c4ccc(OC)cc4)[nH]c3c2)cc1. The number of carbonyl (C=O) groups is 2. The van der Waals surface area contributed by atoms with Crippen LogP contribution < -0.4 is 15.5 Å². The van der Waals surface area contributed by atoms with Gasteiger partial charge in [-0.2, -0.15) is 0 Å². The van der Waals surface area contributed by atoms with E-state index in [0.29, 0.717) is 29.9 Å². The molecule has 4 aromatic rings. The van der Waals surface area contributed by atoms with E-state index in [2.05, 4.69) is 20.7 Å². The highest BCUT2D eigenvalue weighted by molar-refractivity contribution is 6.05. The molecule has 174 valence electrons. The fourth-order valence-electron chi connectivity index (χ4n) is 3.54. The van der Waals surface area contributed by atoms with Gasteiger partial charge < -0.3 is 15.0 Å². The summed E-state index contributed by atoms with van der Waals surface area (Å²) in [6.45, 7) is 5.37. The van der Waals surface area contributed by atoms with E-state index in [9.17, 15) is 9.59 Å². The van der Waals surface area contributed by atoms with Crippen LogP contribution in [0.15, 0.2) is 66.7 Å². The number of imidazole rings is 1. The van der Waals surface area contributed by atoms with Crippen molar-refractivity contribution in [1.82, 2.24) is 20.4 Å². The molecule has 0 bridgehead atoms. The van der Waals surface area contributed by atoms with Gasteiger partial charge in [-0.25, -0.2) is 9.99 Å². The molecule has 34 heavy (non-hydrogen) atoms. The minimum absolute atomic E-state index is 0.201. The summed E-state index contributed by atoms with van der Waals surface area (Å²) in [6.07, 6.45) is 0. The molecule has 0 fully saturated rings. The first-order chi connectivity index (χ1) is 16.5. The largest absolute Gasteiger partial charge is 0.497 e. The Hall–Kier alpha value is -4.17. The third kappa shape index (κ3) is 5.07. The maximum absolute atomic E-state index is 12.7. The highest BCUT2D eigenvalue weighted by Gasteiger charge is 2.12. The zero-order chi connectivity index (χ0) is 24.1. The first-order valence-electron chi connectivity index (χ1n) is 11.1. The van der Waals surface area contributed by atoms with E-state index >= 15 is 0 Å². The second-order valence-corrected chi connectivity index (χ2v) is 7.69. The van der Waals surface area contributed by atoms with Crippen LogP contribution in [0.3, 0.4) is 0 Å². The number of carbonyl (C=O) groups excluding carboxylic acids is 2. The fraction of sp³-hybridized carbons (Fsp3) is 0.192. The monoisotopic (exact) mass is 457 g/mol. The zero-order valence-electron chi connectivity index (χ0n) is 19.4. The van der Waals surface area contributed by atoms with Crippen molar-refractivity contribution in [2.24, 2.45) is 0 Å². The topological polar surface area (TPSA) is 99.4 Å². The Balaban J connectivity index is 1.45. The molecule has 0 aliphatic heterocycles. The van der Waals surface area contributed by atoms with E-state index < -0.39 is 0 Å². The molecule has 3 N–H and O–H groups in total. The van der Waals surface area contributed by atoms with Crippen molar-refractivity contribution in [1.29, 1.82) is 0 Å². The van der Waals surface area contributed by atoms with Gasteiger partial charge in [-0.3, -0.25) is 15.0 Å². The molecule has 0 atom stereocenters. The Morgan fingerprint density at radius 2 is 1.56 bits per heavy atom. The number of nitrogens with one attached hydrogen (secondary N) is 3. The first kappa shape index (κ1) is 23.0. The van der Waals surface area contributed by atoms with Gasteiger partial charge in [0, 0.05) is 35.5 Å². The second kappa shape index (κ2) is 10.2. The Labute approximate surface area is 197 Å². The van der Waals surface area contributed by atoms with E-state index in [1.54, 1.807) is 31.4 Å². The van der Waals surface area contributed by atoms with E-state index in [0.717, 1.165) is 28.2 Å². The van der Waals surface area contributed by atoms with Crippen molar-refractivity contribution in [3.05, 3.63) is 77.9 Å². The van der Waals surface area contributed by atoms with Gasteiger partial charge in [0.25, 0.3) is 11.8 Å². The van der Waals surface area contributed by atoms with Crippen LogP contribution in [-0.4, -0.2) is 47.0 Å². The van der Waals surface area contributed by atoms with E-state index in [4.69, 9.17) is 4.74 Å². The number of ether oxygens (including phenoxy) is 1. The van der Waals surface area contributed by atoms with Crippen molar-refractivity contribution >= 4 is 28.5 Å². The molecule has 0 aliphatic rings. The molecular formula is C26H27N5O3. The predicted molar refractivity (Wildman–Crippen MR) is 133 cm³/mol. The highest BCUT2D eigenvalue weighted by Crippen LogP contribution is 2.24. The number of rotatable bonds is 8. The Bertz CT molecular complexity index is 1290. The molecule has 0 spiro atoms. The highest BCUT2D eigenvalue weighted by atomic mass is 16.5. The molecule has 3 aromatic carbocycles. The molecule has 8 heteroatoms. The van der Waals surface area contributed by atoms with Gasteiger partial charge in [0.2, 0.25) is 0 Å². The number of hydrogen-bond donors (Lipinski definition) is 3. The van der Waals surface area contributed by atoms with Crippen molar-refractivity contribution < 1.29 is 14.3 Å². The lowest BCUT2D eigenvalue weighted by molar-refractivity contribution is 0.0805. The van der Waals surface area contributed by atoms with Gasteiger partial charge in [-0.15, -0.1) is 0 Å². The lowest BCUT2D eigenvalue weighted by Crippen LogP contribution is -2.41. The number of H-pyrrole nitrogens is 1. The predicted octanol–water partition coefficient (Wildman–Crippen LogP) is 4.48. The lowest BCUT2D eigenvalue weighted by atomic mass is 10.1. The van der Waals surface area contributed by atoms with Crippen LogP contribution in [-0.2, 0) is 0 Å². The normalized spacial score (nSPS) is 10.9. The number of hydrogen-bond acceptors (Lipinski definition) is 5. The molecule has 8 nitrogen and oxygen atoms in total. The number of amides is 2. The number of fused-ring (bicyclic) bond motifs is 1. The van der Waals surface area contributed by atoms with E-state index in [1.807, 2.05) is 61.3 Å². The molecule has 1 aromatic heterocycles. The molecule has 0 unspecified atom stereocenters. The van der Waals surface area contributed by atoms with Gasteiger partial charge in [0.15, 0.2) is 0 Å². The maximum Gasteiger partial charge on any atom is 0.265 e. The standard InChI is InChI=1S/C26H27N5O3/c1-4-31(5-2)30-26(33)19-8-6-18(7-9-19)25(32)27-20-12-15-22-23(16-20)29-24(28-22)17-10-13-21(34-3)14-11-17/h6-16H,4-5H2,1-3H3,(H,27,32)(H,28,29)(H,30,33). The molecule has 0 saturated heterocycles. The van der Waals surface area contributed by atoms with Crippen LogP contribution >= 0.6 is 0 Å². The van der Waals surface area contributed by atoms with Gasteiger partial charge >= 0.3 is 0 Å². The fourth-order valence-corrected chi connectivity index (χ4v) is 3.54. The second-order valence-electron chi connectivity index (χ2n) is 7.69. The van der Waals surface area contributed by atoms with Crippen LogP contribution in [0, 0.1) is 0 Å². The Kier molecular flexibility index (Phi) is 6.89. The Morgan fingerprint density at radius 1 is 0.912 bits per heavy atom. The van der Waals surface area contributed by atoms with Crippen molar-refractivity contribution in [3.8, 4) is 17.1 Å². The van der Waals surface area contributed by atoms with Gasteiger partial charge in [0.05, 0.1) is 18.1 Å². The zero-order valence-corrected chi connectivity index (χ0v) is 19.4. The van der Waals surface area contributed by atoms with Crippen LogP contribution in [0.5, 0.6) is 5.75 Å². The minimum Gasteiger partial charge on any atom is -0.497 e. The minimum atomic E-state index is -0.259. The molecular weight excluding hydrogens is 430 g/mol. The number of anilines is 1. The van der Waals surface area contributed by atoms with Crippen molar-refractivity contribution in [2.45, 2.75) is 13.8 Å². The lowest BCUT2D eigenvalue weighted by Gasteiger charge is -2.19. The molecule has 0 saturated carbocycles. The smallest absolute Gasteiger partial charge is 0.265 e. The molecule has 0 aliphatic carbocycles. The first-order valence-corrected chi connectivity index (χ1v) is 11.1. The molecule has 1 heterocycles. The number of aromatic amines is 1. The number of aromatic nitrogens is 2. The summed E-state index contributed by atoms with van der Waals surface area (Å²) in [5.74, 6) is 1.06. The summed E-state index contributed by atoms with van der Waals surface area (Å²) in [7, 11) is 1.63. The quantitative estimate of drug-likeness (QED) is 0.339. The summed E-state index contributed by atoms with van der Waals surface area (Å²) in [5, 5.41) is 4.72. The number of hydrazine groups is 1. The summed E-state index contributed by atoms with van der Waals surface area (Å²) >= 11 is 0. The van der Waals surface area contributed by atoms with Crippen LogP contribution in [0.4, 0.5) is 5.69 Å². The summed E-state index contributed by atoms with van der Waals surface area (Å²) < 4.78 is 5.20. The number of nitrogens with zero attached hydrogens (tertiary/aromatic N) is 2. The van der Waals surface area contributed by atoms with Crippen LogP contribution in [0.2, 0.25) is 0 Å². The van der Waals surface area contributed by atoms with Crippen molar-refractivity contribution in [2.75, 3.05) is 25.5 Å². The summed E-state index contributed by atoms with van der Waals surface area (Å²) in [6, 6.07) is 19.7. The van der Waals surface area contributed by atoms with Gasteiger partial charge in [0.1, 0.15) is 11.6 Å². The summed E-state index contributed by atoms with van der Waals surface area (Å²) in [4.78, 5) is 33.0. The Morgan fingerprint density at radius 3 is 2.18 bits per heavy atom. The van der Waals surface area contributed by atoms with Gasteiger partial charge in [-0.1, -0.05) is 13.8 Å². The average molecular weight is 458 g/mol. The van der Waals surface area contributed by atoms with E-state index in [-0.39, 0.29) is 11.8 Å². The van der Waals surface area contributed by atoms with Crippen molar-refractivity contribution in [3.63, 3.8) is 0 Å². The third-order valence-corrected chi connectivity index (χ3v) is 5.54. The summed E-state index contributed by atoms with van der Waals surface area (Å²) in [5.41, 5.74) is 6.98. The maximum atomic E-state index is 12.7. The molecule has 2 amide bonds. The molecule has 0 radical (unpaired) electrons. The van der Waals surface area contributed by atoms with Crippen LogP contribution in [0.25, 0.3) is 22.4 Å². The molecule has 4 rings (SSSR count). The number of methoxy groups -OCH3 is 1. The third-order valence-electron chi connectivity index (χ3n) is 5.54. The van der Waals surface area contributed by atoms with Crippen LogP contribution in [0.1, 0.15) is 34.6 Å². The number of benzene rings is 3. The average Bonchev–Trinajstić information content (AvgIpc) is 3.30. The van der Waals surface area contributed by atoms with Gasteiger partial charge in [-0.05, 0) is 66.7 Å².